The Balaban J connectivity index is 1.43. The first kappa shape index (κ1) is 17.2. The fraction of sp³-hybridized carbons (Fsp3) is 0.444. The van der Waals surface area contributed by atoms with Gasteiger partial charge in [0.15, 0.2) is 0 Å². The van der Waals surface area contributed by atoms with E-state index in [9.17, 15) is 9.59 Å². The summed E-state index contributed by atoms with van der Waals surface area (Å²) < 4.78 is 2.62. The molecule has 0 bridgehead atoms. The van der Waals surface area contributed by atoms with E-state index in [1.807, 2.05) is 15.6 Å². The maximum absolute atomic E-state index is 12.6. The quantitative estimate of drug-likeness (QED) is 0.811. The van der Waals surface area contributed by atoms with E-state index in [1.54, 1.807) is 18.5 Å². The Morgan fingerprint density at radius 3 is 2.77 bits per heavy atom. The number of amides is 2. The highest BCUT2D eigenvalue weighted by Gasteiger charge is 2.28. The number of rotatable bonds is 2. The smallest absolute Gasteiger partial charge is 0.269 e. The molecule has 0 unspecified atom stereocenters. The number of aryl methyl sites for hydroxylation is 1. The zero-order valence-electron chi connectivity index (χ0n) is 14.3. The van der Waals surface area contributed by atoms with Crippen LogP contribution in [0.5, 0.6) is 0 Å². The van der Waals surface area contributed by atoms with Crippen LogP contribution < -0.4 is 5.32 Å². The van der Waals surface area contributed by atoms with Crippen LogP contribution >= 0.6 is 15.9 Å². The number of fused-ring (bicyclic) bond motifs is 1. The van der Waals surface area contributed by atoms with Crippen molar-refractivity contribution in [1.82, 2.24) is 25.0 Å². The predicted octanol–water partition coefficient (Wildman–Crippen LogP) is 2.19. The van der Waals surface area contributed by atoms with Crippen LogP contribution in [0.1, 0.15) is 51.7 Å². The normalized spacial score (nSPS) is 18.2. The Morgan fingerprint density at radius 2 is 2.00 bits per heavy atom. The molecule has 1 saturated heterocycles. The number of halogens is 1. The van der Waals surface area contributed by atoms with Crippen LogP contribution in [-0.2, 0) is 6.54 Å². The molecule has 2 aromatic rings. The van der Waals surface area contributed by atoms with Crippen molar-refractivity contribution in [1.29, 1.82) is 0 Å². The highest BCUT2D eigenvalue weighted by atomic mass is 79.9. The van der Waals surface area contributed by atoms with E-state index in [2.05, 4.69) is 31.3 Å². The lowest BCUT2D eigenvalue weighted by Gasteiger charge is -2.31. The summed E-state index contributed by atoms with van der Waals surface area (Å²) in [6.45, 7) is 2.83. The second-order valence-corrected chi connectivity index (χ2v) is 7.66. The van der Waals surface area contributed by atoms with Gasteiger partial charge in [0.05, 0.1) is 11.3 Å². The monoisotopic (exact) mass is 417 g/mol. The molecule has 0 saturated carbocycles. The van der Waals surface area contributed by atoms with Gasteiger partial charge in [0.1, 0.15) is 5.69 Å². The minimum Gasteiger partial charge on any atom is -0.351 e. The molecule has 7 nitrogen and oxygen atoms in total. The number of nitrogens with zero attached hydrogens (tertiary/aromatic N) is 4. The fourth-order valence-electron chi connectivity index (χ4n) is 3.60. The van der Waals surface area contributed by atoms with Crippen molar-refractivity contribution >= 4 is 27.7 Å². The summed E-state index contributed by atoms with van der Waals surface area (Å²) in [7, 11) is 0. The van der Waals surface area contributed by atoms with Crippen molar-refractivity contribution < 1.29 is 9.59 Å². The molecule has 1 fully saturated rings. The summed E-state index contributed by atoms with van der Waals surface area (Å²) in [6.07, 6.45) is 5.87. The lowest BCUT2D eigenvalue weighted by Crippen LogP contribution is -2.38. The van der Waals surface area contributed by atoms with Crippen LogP contribution in [0, 0.1) is 0 Å². The fourth-order valence-corrected chi connectivity index (χ4v) is 3.97. The zero-order valence-corrected chi connectivity index (χ0v) is 15.9. The highest BCUT2D eigenvalue weighted by molar-refractivity contribution is 9.10. The van der Waals surface area contributed by atoms with Gasteiger partial charge in [-0.1, -0.05) is 0 Å². The number of carbonyl (C=O) groups is 2. The molecule has 136 valence electrons. The summed E-state index contributed by atoms with van der Waals surface area (Å²) in [5, 5.41) is 7.56. The van der Waals surface area contributed by atoms with Crippen LogP contribution in [0.25, 0.3) is 0 Å². The lowest BCUT2D eigenvalue weighted by molar-refractivity contribution is 0.0711. The van der Waals surface area contributed by atoms with E-state index in [-0.39, 0.29) is 17.7 Å². The Morgan fingerprint density at radius 1 is 1.19 bits per heavy atom. The van der Waals surface area contributed by atoms with Crippen LogP contribution in [-0.4, -0.2) is 51.1 Å². The number of likely N-dealkylation sites (tertiary alicyclic amines) is 1. The van der Waals surface area contributed by atoms with Crippen molar-refractivity contribution in [2.75, 3.05) is 19.6 Å². The largest absolute Gasteiger partial charge is 0.351 e. The van der Waals surface area contributed by atoms with E-state index in [0.29, 0.717) is 30.9 Å². The number of piperidine rings is 1. The van der Waals surface area contributed by atoms with Crippen molar-refractivity contribution in [2.45, 2.75) is 31.7 Å². The molecule has 0 spiro atoms. The predicted molar refractivity (Wildman–Crippen MR) is 99.0 cm³/mol. The molecule has 4 heterocycles. The number of nitrogens with one attached hydrogen (secondary N) is 1. The van der Waals surface area contributed by atoms with Gasteiger partial charge >= 0.3 is 0 Å². The molecule has 2 aliphatic heterocycles. The third-order valence-corrected chi connectivity index (χ3v) is 5.45. The maximum Gasteiger partial charge on any atom is 0.269 e. The first-order valence-corrected chi connectivity index (χ1v) is 9.67. The van der Waals surface area contributed by atoms with Gasteiger partial charge < -0.3 is 10.2 Å². The standard InChI is InChI=1S/C18H20BrN5O2/c19-14-8-13(10-20-11-14)18(26)23-6-2-12(3-7-23)15-9-16-17(25)21-4-1-5-24(16)22-15/h8-12H,1-7H2,(H,21,25). The summed E-state index contributed by atoms with van der Waals surface area (Å²) in [5.74, 6) is 0.250. The SMILES string of the molecule is O=C1NCCCn2nc(C3CCN(C(=O)c4cncc(Br)c4)CC3)cc21. The highest BCUT2D eigenvalue weighted by Crippen LogP contribution is 2.29. The molecule has 2 amide bonds. The van der Waals surface area contributed by atoms with Gasteiger partial charge in [-0.15, -0.1) is 0 Å². The van der Waals surface area contributed by atoms with Gasteiger partial charge in [-0.3, -0.25) is 19.3 Å². The first-order chi connectivity index (χ1) is 12.6. The number of carbonyl (C=O) groups excluding carboxylic acids is 2. The lowest BCUT2D eigenvalue weighted by atomic mass is 9.93. The third-order valence-electron chi connectivity index (χ3n) is 5.02. The zero-order chi connectivity index (χ0) is 18.1. The minimum atomic E-state index is -0.0454. The van der Waals surface area contributed by atoms with Crippen LogP contribution in [0.15, 0.2) is 29.0 Å². The van der Waals surface area contributed by atoms with E-state index in [0.717, 1.165) is 36.0 Å². The Hall–Kier alpha value is -2.22. The second-order valence-electron chi connectivity index (χ2n) is 6.75. The average Bonchev–Trinajstić information content (AvgIpc) is 3.01. The topological polar surface area (TPSA) is 80.1 Å². The molecule has 4 rings (SSSR count). The molecule has 26 heavy (non-hydrogen) atoms. The van der Waals surface area contributed by atoms with Gasteiger partial charge in [0.25, 0.3) is 11.8 Å². The van der Waals surface area contributed by atoms with Crippen molar-refractivity contribution in [3.63, 3.8) is 0 Å². The molecule has 1 N–H and O–H groups in total. The molecule has 0 atom stereocenters. The van der Waals surface area contributed by atoms with E-state index in [1.165, 1.54) is 0 Å². The first-order valence-electron chi connectivity index (χ1n) is 8.87. The molecule has 8 heteroatoms. The van der Waals surface area contributed by atoms with Gasteiger partial charge in [-0.05, 0) is 47.3 Å². The Labute approximate surface area is 159 Å². The van der Waals surface area contributed by atoms with Gasteiger partial charge in [0.2, 0.25) is 0 Å². The molecule has 0 aliphatic carbocycles. The minimum absolute atomic E-state index is 0.0113. The summed E-state index contributed by atoms with van der Waals surface area (Å²) in [5.41, 5.74) is 2.22. The molecule has 2 aliphatic rings. The number of hydrogen-bond donors (Lipinski definition) is 1. The molecule has 2 aromatic heterocycles. The van der Waals surface area contributed by atoms with Crippen molar-refractivity contribution in [3.05, 3.63) is 46.0 Å². The Kier molecular flexibility index (Phi) is 4.76. The van der Waals surface area contributed by atoms with E-state index in [4.69, 9.17) is 0 Å². The van der Waals surface area contributed by atoms with Crippen LogP contribution in [0.3, 0.4) is 0 Å². The molecule has 0 aromatic carbocycles. The van der Waals surface area contributed by atoms with Crippen LogP contribution in [0.4, 0.5) is 0 Å². The van der Waals surface area contributed by atoms with Crippen molar-refractivity contribution in [2.24, 2.45) is 0 Å². The molecular formula is C18H20BrN5O2. The summed E-state index contributed by atoms with van der Waals surface area (Å²) in [6, 6.07) is 3.72. The van der Waals surface area contributed by atoms with Gasteiger partial charge in [0, 0.05) is 49.0 Å². The van der Waals surface area contributed by atoms with Gasteiger partial charge in [-0.2, -0.15) is 5.10 Å². The Bertz CT molecular complexity index is 842. The van der Waals surface area contributed by atoms with E-state index >= 15 is 0 Å². The number of pyridine rings is 1. The van der Waals surface area contributed by atoms with Crippen molar-refractivity contribution in [3.8, 4) is 0 Å². The second kappa shape index (κ2) is 7.19. The summed E-state index contributed by atoms with van der Waals surface area (Å²) >= 11 is 3.36. The van der Waals surface area contributed by atoms with Gasteiger partial charge in [-0.25, -0.2) is 0 Å². The molecule has 0 radical (unpaired) electrons. The number of hydrogen-bond acceptors (Lipinski definition) is 4. The third kappa shape index (κ3) is 3.38. The van der Waals surface area contributed by atoms with Crippen LogP contribution in [0.2, 0.25) is 0 Å². The number of aromatic nitrogens is 3. The molecular weight excluding hydrogens is 398 g/mol. The van der Waals surface area contributed by atoms with E-state index < -0.39 is 0 Å². The maximum atomic E-state index is 12.6. The average molecular weight is 418 g/mol. The summed E-state index contributed by atoms with van der Waals surface area (Å²) in [4.78, 5) is 30.7.